The Morgan fingerprint density at radius 2 is 1.75 bits per heavy atom. The zero-order valence-corrected chi connectivity index (χ0v) is 19.6. The fourth-order valence-electron chi connectivity index (χ4n) is 4.17. The second kappa shape index (κ2) is 9.28. The molecule has 0 bridgehead atoms. The highest BCUT2D eigenvalue weighted by Crippen LogP contribution is 2.30. The highest BCUT2D eigenvalue weighted by atomic mass is 32.2. The van der Waals surface area contributed by atoms with Crippen molar-refractivity contribution in [3.8, 4) is 0 Å². The van der Waals surface area contributed by atoms with E-state index in [1.165, 1.54) is 42.7 Å². The SMILES string of the molecule is Cc1ccc([N+](=O)[O-])cc1N([C@H](C)C(=O)N[C@@H](C)c1ccc2c(c1)CCCC2)S(C)(=O)=O. The van der Waals surface area contributed by atoms with E-state index in [9.17, 15) is 23.3 Å². The van der Waals surface area contributed by atoms with Crippen molar-refractivity contribution in [2.24, 2.45) is 0 Å². The normalized spacial score (nSPS) is 15.4. The molecule has 1 aliphatic carbocycles. The summed E-state index contributed by atoms with van der Waals surface area (Å²) in [7, 11) is -3.89. The summed E-state index contributed by atoms with van der Waals surface area (Å²) in [6.07, 6.45) is 5.42. The molecule has 0 spiro atoms. The summed E-state index contributed by atoms with van der Waals surface area (Å²) in [4.78, 5) is 23.7. The number of hydrogen-bond donors (Lipinski definition) is 1. The van der Waals surface area contributed by atoms with Gasteiger partial charge in [-0.2, -0.15) is 0 Å². The number of nitro benzene ring substituents is 1. The third-order valence-electron chi connectivity index (χ3n) is 5.96. The van der Waals surface area contributed by atoms with Crippen molar-refractivity contribution >= 4 is 27.3 Å². The maximum atomic E-state index is 13.1. The number of nitrogens with one attached hydrogen (secondary N) is 1. The predicted molar refractivity (Wildman–Crippen MR) is 124 cm³/mol. The van der Waals surface area contributed by atoms with E-state index in [1.807, 2.05) is 13.0 Å². The quantitative estimate of drug-likeness (QED) is 0.500. The zero-order valence-electron chi connectivity index (χ0n) is 18.8. The molecule has 172 valence electrons. The van der Waals surface area contributed by atoms with Crippen molar-refractivity contribution in [1.82, 2.24) is 5.32 Å². The molecule has 2 aromatic rings. The lowest BCUT2D eigenvalue weighted by Crippen LogP contribution is -2.48. The van der Waals surface area contributed by atoms with Gasteiger partial charge in [0.1, 0.15) is 6.04 Å². The van der Waals surface area contributed by atoms with Gasteiger partial charge in [-0.05, 0) is 68.7 Å². The second-order valence-corrected chi connectivity index (χ2v) is 10.3. The van der Waals surface area contributed by atoms with Crippen LogP contribution >= 0.6 is 0 Å². The number of sulfonamides is 1. The molecule has 0 fully saturated rings. The van der Waals surface area contributed by atoms with Gasteiger partial charge in [0.05, 0.1) is 22.9 Å². The number of fused-ring (bicyclic) bond motifs is 1. The highest BCUT2D eigenvalue weighted by molar-refractivity contribution is 7.92. The Morgan fingerprint density at radius 3 is 2.38 bits per heavy atom. The third-order valence-corrected chi connectivity index (χ3v) is 7.19. The molecule has 1 N–H and O–H groups in total. The van der Waals surface area contributed by atoms with Gasteiger partial charge in [-0.3, -0.25) is 19.2 Å². The van der Waals surface area contributed by atoms with Crippen LogP contribution in [-0.4, -0.2) is 31.5 Å². The standard InChI is InChI=1S/C23H29N3O5S/c1-15-9-12-21(26(28)29)14-22(15)25(32(4,30)31)17(3)23(27)24-16(2)19-11-10-18-7-5-6-8-20(18)13-19/h9-14,16-17H,5-8H2,1-4H3,(H,24,27)/t16-,17+/m0/s1. The highest BCUT2D eigenvalue weighted by Gasteiger charge is 2.32. The van der Waals surface area contributed by atoms with Crippen LogP contribution in [0.3, 0.4) is 0 Å². The van der Waals surface area contributed by atoms with Gasteiger partial charge in [0.2, 0.25) is 15.9 Å². The van der Waals surface area contributed by atoms with E-state index in [0.717, 1.165) is 35.4 Å². The molecular formula is C23H29N3O5S. The Kier molecular flexibility index (Phi) is 6.88. The molecule has 0 aliphatic heterocycles. The first-order valence-electron chi connectivity index (χ1n) is 10.7. The van der Waals surface area contributed by atoms with E-state index in [-0.39, 0.29) is 17.4 Å². The smallest absolute Gasteiger partial charge is 0.271 e. The van der Waals surface area contributed by atoms with Crippen LogP contribution in [0.5, 0.6) is 0 Å². The van der Waals surface area contributed by atoms with Crippen LogP contribution < -0.4 is 9.62 Å². The minimum Gasteiger partial charge on any atom is -0.348 e. The number of aryl methyl sites for hydroxylation is 3. The van der Waals surface area contributed by atoms with Crippen LogP contribution in [-0.2, 0) is 27.7 Å². The molecule has 2 aromatic carbocycles. The molecule has 2 atom stereocenters. The van der Waals surface area contributed by atoms with Gasteiger partial charge >= 0.3 is 0 Å². The van der Waals surface area contributed by atoms with Gasteiger partial charge in [0.25, 0.3) is 5.69 Å². The van der Waals surface area contributed by atoms with Gasteiger partial charge in [0.15, 0.2) is 0 Å². The summed E-state index contributed by atoms with van der Waals surface area (Å²) in [5.41, 5.74) is 4.00. The van der Waals surface area contributed by atoms with Crippen LogP contribution in [0, 0.1) is 17.0 Å². The first-order chi connectivity index (χ1) is 15.0. The monoisotopic (exact) mass is 459 g/mol. The third kappa shape index (κ3) is 5.09. The number of nitrogens with zero attached hydrogens (tertiary/aromatic N) is 2. The Balaban J connectivity index is 1.86. The predicted octanol–water partition coefficient (Wildman–Crippen LogP) is 3.81. The second-order valence-electron chi connectivity index (χ2n) is 8.43. The lowest BCUT2D eigenvalue weighted by Gasteiger charge is -2.30. The fraction of sp³-hybridized carbons (Fsp3) is 0.435. The van der Waals surface area contributed by atoms with E-state index in [1.54, 1.807) is 6.92 Å². The number of carbonyl (C=O) groups excluding carboxylic acids is 1. The maximum Gasteiger partial charge on any atom is 0.271 e. The van der Waals surface area contributed by atoms with Gasteiger partial charge in [-0.1, -0.05) is 24.3 Å². The number of non-ortho nitro benzene ring substituents is 1. The van der Waals surface area contributed by atoms with Crippen LogP contribution in [0.15, 0.2) is 36.4 Å². The van der Waals surface area contributed by atoms with E-state index in [2.05, 4.69) is 17.4 Å². The van der Waals surface area contributed by atoms with E-state index >= 15 is 0 Å². The number of nitro groups is 1. The summed E-state index contributed by atoms with van der Waals surface area (Å²) >= 11 is 0. The number of hydrogen-bond acceptors (Lipinski definition) is 5. The zero-order chi connectivity index (χ0) is 23.6. The Labute approximate surface area is 188 Å². The number of amides is 1. The Hall–Kier alpha value is -2.94. The summed E-state index contributed by atoms with van der Waals surface area (Å²) in [5.74, 6) is -0.480. The molecule has 1 amide bonds. The Bertz CT molecular complexity index is 1150. The largest absolute Gasteiger partial charge is 0.348 e. The minimum atomic E-state index is -3.89. The molecule has 0 saturated heterocycles. The minimum absolute atomic E-state index is 0.116. The summed E-state index contributed by atoms with van der Waals surface area (Å²) in [6, 6.07) is 8.78. The molecule has 0 heterocycles. The van der Waals surface area contributed by atoms with Gasteiger partial charge < -0.3 is 5.32 Å². The van der Waals surface area contributed by atoms with Crippen molar-refractivity contribution in [1.29, 1.82) is 0 Å². The van der Waals surface area contributed by atoms with Crippen LogP contribution in [0.2, 0.25) is 0 Å². The lowest BCUT2D eigenvalue weighted by molar-refractivity contribution is -0.384. The van der Waals surface area contributed by atoms with Crippen molar-refractivity contribution in [3.63, 3.8) is 0 Å². The average molecular weight is 460 g/mol. The molecule has 0 saturated carbocycles. The first-order valence-corrected chi connectivity index (χ1v) is 12.5. The van der Waals surface area contributed by atoms with Crippen LogP contribution in [0.25, 0.3) is 0 Å². The van der Waals surface area contributed by atoms with E-state index in [0.29, 0.717) is 5.56 Å². The van der Waals surface area contributed by atoms with E-state index < -0.39 is 26.9 Å². The molecule has 3 rings (SSSR count). The number of benzene rings is 2. The van der Waals surface area contributed by atoms with Crippen molar-refractivity contribution in [2.75, 3.05) is 10.6 Å². The Morgan fingerprint density at radius 1 is 1.09 bits per heavy atom. The molecule has 0 aromatic heterocycles. The van der Waals surface area contributed by atoms with Crippen molar-refractivity contribution in [2.45, 2.75) is 58.5 Å². The molecule has 1 aliphatic rings. The number of carbonyl (C=O) groups is 1. The van der Waals surface area contributed by atoms with Gasteiger partial charge in [-0.15, -0.1) is 0 Å². The topological polar surface area (TPSA) is 110 Å². The molecule has 9 heteroatoms. The summed E-state index contributed by atoms with van der Waals surface area (Å²) < 4.78 is 26.2. The molecule has 32 heavy (non-hydrogen) atoms. The molecule has 0 unspecified atom stereocenters. The van der Waals surface area contributed by atoms with Crippen LogP contribution in [0.1, 0.15) is 55.0 Å². The first kappa shape index (κ1) is 23.7. The van der Waals surface area contributed by atoms with Crippen molar-refractivity contribution in [3.05, 3.63) is 68.8 Å². The maximum absolute atomic E-state index is 13.1. The van der Waals surface area contributed by atoms with Crippen LogP contribution in [0.4, 0.5) is 11.4 Å². The van der Waals surface area contributed by atoms with Gasteiger partial charge in [0, 0.05) is 12.1 Å². The fourth-order valence-corrected chi connectivity index (χ4v) is 5.39. The van der Waals surface area contributed by atoms with Gasteiger partial charge in [-0.25, -0.2) is 8.42 Å². The van der Waals surface area contributed by atoms with Crippen molar-refractivity contribution < 1.29 is 18.1 Å². The average Bonchev–Trinajstić information content (AvgIpc) is 2.73. The number of anilines is 1. The summed E-state index contributed by atoms with van der Waals surface area (Å²) in [5, 5.41) is 14.1. The summed E-state index contributed by atoms with van der Waals surface area (Å²) in [6.45, 7) is 4.99. The molecular weight excluding hydrogens is 430 g/mol. The molecule has 0 radical (unpaired) electrons. The number of rotatable bonds is 7. The lowest BCUT2D eigenvalue weighted by atomic mass is 9.89. The van der Waals surface area contributed by atoms with E-state index in [4.69, 9.17) is 0 Å². The molecule has 8 nitrogen and oxygen atoms in total.